The lowest BCUT2D eigenvalue weighted by atomic mass is 9.76. The molecule has 1 heterocycles. The number of phenols is 1. The normalized spacial score (nSPS) is 17.5. The zero-order valence-electron chi connectivity index (χ0n) is 15.6. The lowest BCUT2D eigenvalue weighted by Gasteiger charge is -2.29. The van der Waals surface area contributed by atoms with Crippen LogP contribution in [0.5, 0.6) is 11.5 Å². The predicted octanol–water partition coefficient (Wildman–Crippen LogP) is 5.51. The Labute approximate surface area is 145 Å². The number of hydrogen-bond acceptors (Lipinski definition) is 2. The SMILES string of the molecule is CC(C)(C)c1cc([C@@H]2COc3ccccc32)cc(C(C)(C)C)c1O. The highest BCUT2D eigenvalue weighted by atomic mass is 16.5. The number of phenolic OH excluding ortho intramolecular Hbond substituents is 1. The van der Waals surface area contributed by atoms with E-state index < -0.39 is 0 Å². The Bertz CT molecular complexity index is 725. The second kappa shape index (κ2) is 5.54. The van der Waals surface area contributed by atoms with Gasteiger partial charge < -0.3 is 9.84 Å². The van der Waals surface area contributed by atoms with Crippen molar-refractivity contribution < 1.29 is 9.84 Å². The molecule has 128 valence electrons. The molecule has 0 saturated heterocycles. The number of fused-ring (bicyclic) bond motifs is 1. The first-order valence-corrected chi connectivity index (χ1v) is 8.68. The monoisotopic (exact) mass is 324 g/mol. The van der Waals surface area contributed by atoms with Crippen molar-refractivity contribution in [3.63, 3.8) is 0 Å². The van der Waals surface area contributed by atoms with E-state index in [-0.39, 0.29) is 16.7 Å². The van der Waals surface area contributed by atoms with Crippen LogP contribution in [-0.4, -0.2) is 11.7 Å². The van der Waals surface area contributed by atoms with E-state index in [1.54, 1.807) is 0 Å². The summed E-state index contributed by atoms with van der Waals surface area (Å²) in [6.07, 6.45) is 0. The Morgan fingerprint density at radius 2 is 1.46 bits per heavy atom. The first-order valence-electron chi connectivity index (χ1n) is 8.68. The van der Waals surface area contributed by atoms with Crippen LogP contribution in [0.15, 0.2) is 36.4 Å². The van der Waals surface area contributed by atoms with E-state index in [1.165, 1.54) is 11.1 Å². The molecule has 1 aliphatic heterocycles. The van der Waals surface area contributed by atoms with Gasteiger partial charge in [-0.15, -0.1) is 0 Å². The van der Waals surface area contributed by atoms with Crippen LogP contribution in [-0.2, 0) is 10.8 Å². The molecule has 0 aromatic heterocycles. The first-order chi connectivity index (χ1) is 11.1. The van der Waals surface area contributed by atoms with Gasteiger partial charge in [0, 0.05) is 11.5 Å². The summed E-state index contributed by atoms with van der Waals surface area (Å²) in [5.41, 5.74) is 4.26. The molecule has 0 unspecified atom stereocenters. The molecule has 1 N–H and O–H groups in total. The van der Waals surface area contributed by atoms with E-state index in [4.69, 9.17) is 4.74 Å². The van der Waals surface area contributed by atoms with Crippen molar-refractivity contribution in [1.82, 2.24) is 0 Å². The molecule has 0 bridgehead atoms. The Morgan fingerprint density at radius 3 is 2.00 bits per heavy atom. The Hall–Kier alpha value is -1.96. The van der Waals surface area contributed by atoms with Crippen LogP contribution in [0.1, 0.15) is 69.7 Å². The van der Waals surface area contributed by atoms with Gasteiger partial charge in [-0.2, -0.15) is 0 Å². The van der Waals surface area contributed by atoms with Crippen LogP contribution in [0.25, 0.3) is 0 Å². The lowest BCUT2D eigenvalue weighted by Crippen LogP contribution is -2.19. The average molecular weight is 324 g/mol. The summed E-state index contributed by atoms with van der Waals surface area (Å²) >= 11 is 0. The Kier molecular flexibility index (Phi) is 3.90. The number of ether oxygens (including phenoxy) is 1. The van der Waals surface area contributed by atoms with Gasteiger partial charge in [0.15, 0.2) is 0 Å². The molecule has 0 spiro atoms. The van der Waals surface area contributed by atoms with Crippen molar-refractivity contribution in [3.8, 4) is 11.5 Å². The molecule has 2 heteroatoms. The standard InChI is InChI=1S/C22H28O2/c1-21(2,3)17-11-14(12-18(20(17)23)22(4,5)6)16-13-24-19-10-8-7-9-15(16)19/h7-12,16,23H,13H2,1-6H3/t16-/m0/s1. The number of hydrogen-bond donors (Lipinski definition) is 1. The second-order valence-corrected chi connectivity index (χ2v) is 8.87. The summed E-state index contributed by atoms with van der Waals surface area (Å²) < 4.78 is 5.88. The largest absolute Gasteiger partial charge is 0.507 e. The molecular formula is C22H28O2. The summed E-state index contributed by atoms with van der Waals surface area (Å²) in [7, 11) is 0. The zero-order chi connectivity index (χ0) is 17.7. The van der Waals surface area contributed by atoms with Gasteiger partial charge in [0.1, 0.15) is 11.5 Å². The number of benzene rings is 2. The second-order valence-electron chi connectivity index (χ2n) is 8.87. The fourth-order valence-corrected chi connectivity index (χ4v) is 3.44. The van der Waals surface area contributed by atoms with Crippen LogP contribution < -0.4 is 4.74 Å². The van der Waals surface area contributed by atoms with E-state index >= 15 is 0 Å². The molecule has 0 fully saturated rings. The minimum Gasteiger partial charge on any atom is -0.507 e. The van der Waals surface area contributed by atoms with Crippen molar-refractivity contribution >= 4 is 0 Å². The van der Waals surface area contributed by atoms with E-state index in [1.807, 2.05) is 12.1 Å². The minimum absolute atomic E-state index is 0.112. The van der Waals surface area contributed by atoms with Crippen molar-refractivity contribution in [1.29, 1.82) is 0 Å². The molecule has 2 nitrogen and oxygen atoms in total. The number of rotatable bonds is 1. The average Bonchev–Trinajstić information content (AvgIpc) is 2.89. The number of para-hydroxylation sites is 1. The summed E-state index contributed by atoms with van der Waals surface area (Å²) in [6, 6.07) is 12.6. The number of aromatic hydroxyl groups is 1. The van der Waals surface area contributed by atoms with Gasteiger partial charge in [-0.3, -0.25) is 0 Å². The van der Waals surface area contributed by atoms with Crippen LogP contribution in [0, 0.1) is 0 Å². The maximum atomic E-state index is 10.9. The predicted molar refractivity (Wildman–Crippen MR) is 99.3 cm³/mol. The van der Waals surface area contributed by atoms with Crippen LogP contribution in [0.4, 0.5) is 0 Å². The summed E-state index contributed by atoms with van der Waals surface area (Å²) in [6.45, 7) is 13.6. The van der Waals surface area contributed by atoms with Gasteiger partial charge in [-0.1, -0.05) is 71.9 Å². The third-order valence-corrected chi connectivity index (χ3v) is 4.85. The van der Waals surface area contributed by atoms with Gasteiger partial charge in [0.05, 0.1) is 6.61 Å². The highest BCUT2D eigenvalue weighted by Crippen LogP contribution is 2.44. The maximum absolute atomic E-state index is 10.9. The van der Waals surface area contributed by atoms with Crippen molar-refractivity contribution in [2.75, 3.05) is 6.61 Å². The minimum atomic E-state index is -0.112. The summed E-state index contributed by atoms with van der Waals surface area (Å²) in [5.74, 6) is 1.64. The fraction of sp³-hybridized carbons (Fsp3) is 0.455. The highest BCUT2D eigenvalue weighted by Gasteiger charge is 2.31. The lowest BCUT2D eigenvalue weighted by molar-refractivity contribution is 0.342. The van der Waals surface area contributed by atoms with Gasteiger partial charge >= 0.3 is 0 Å². The highest BCUT2D eigenvalue weighted by molar-refractivity contribution is 5.54. The Morgan fingerprint density at radius 1 is 0.917 bits per heavy atom. The molecule has 2 aromatic rings. The van der Waals surface area contributed by atoms with Crippen LogP contribution in [0.2, 0.25) is 0 Å². The summed E-state index contributed by atoms with van der Waals surface area (Å²) in [5, 5.41) is 10.9. The van der Waals surface area contributed by atoms with Gasteiger partial charge in [-0.25, -0.2) is 0 Å². The van der Waals surface area contributed by atoms with Gasteiger partial charge in [0.2, 0.25) is 0 Å². The molecule has 3 rings (SSSR count). The smallest absolute Gasteiger partial charge is 0.123 e. The van der Waals surface area contributed by atoms with Crippen LogP contribution in [0.3, 0.4) is 0 Å². The van der Waals surface area contributed by atoms with E-state index in [0.29, 0.717) is 12.4 Å². The first kappa shape index (κ1) is 16.9. The maximum Gasteiger partial charge on any atom is 0.123 e. The molecule has 0 amide bonds. The molecule has 1 aliphatic rings. The zero-order valence-corrected chi connectivity index (χ0v) is 15.6. The Balaban J connectivity index is 2.20. The third-order valence-electron chi connectivity index (χ3n) is 4.85. The topological polar surface area (TPSA) is 29.5 Å². The van der Waals surface area contributed by atoms with Gasteiger partial charge in [0.25, 0.3) is 0 Å². The van der Waals surface area contributed by atoms with Crippen molar-refractivity contribution in [3.05, 3.63) is 58.7 Å². The van der Waals surface area contributed by atoms with E-state index in [0.717, 1.165) is 16.9 Å². The van der Waals surface area contributed by atoms with E-state index in [2.05, 4.69) is 65.8 Å². The quantitative estimate of drug-likeness (QED) is 0.749. The molecule has 24 heavy (non-hydrogen) atoms. The molecule has 1 atom stereocenters. The van der Waals surface area contributed by atoms with Crippen LogP contribution >= 0.6 is 0 Å². The van der Waals surface area contributed by atoms with Crippen molar-refractivity contribution in [2.45, 2.75) is 58.3 Å². The van der Waals surface area contributed by atoms with Gasteiger partial charge in [-0.05, 0) is 33.6 Å². The molecule has 0 aliphatic carbocycles. The fourth-order valence-electron chi connectivity index (χ4n) is 3.44. The summed E-state index contributed by atoms with van der Waals surface area (Å²) in [4.78, 5) is 0. The molecule has 0 radical (unpaired) electrons. The van der Waals surface area contributed by atoms with E-state index in [9.17, 15) is 5.11 Å². The third kappa shape index (κ3) is 2.90. The molecule has 0 saturated carbocycles. The molecular weight excluding hydrogens is 296 g/mol. The van der Waals surface area contributed by atoms with Crippen molar-refractivity contribution in [2.24, 2.45) is 0 Å². The molecule has 2 aromatic carbocycles.